The molecule has 1 fully saturated rings. The van der Waals surface area contributed by atoms with Crippen LogP contribution in [0.2, 0.25) is 5.02 Å². The molecule has 8 heteroatoms. The van der Waals surface area contributed by atoms with E-state index in [0.29, 0.717) is 11.1 Å². The van der Waals surface area contributed by atoms with Gasteiger partial charge in [-0.1, -0.05) is 35.5 Å². The van der Waals surface area contributed by atoms with Crippen molar-refractivity contribution in [1.29, 1.82) is 0 Å². The number of carbonyl (C=O) groups excluding carboxylic acids is 1. The second kappa shape index (κ2) is 8.69. The zero-order valence-corrected chi connectivity index (χ0v) is 15.6. The van der Waals surface area contributed by atoms with Crippen LogP contribution in [0.5, 0.6) is 0 Å². The van der Waals surface area contributed by atoms with Crippen molar-refractivity contribution < 1.29 is 9.21 Å². The minimum Gasteiger partial charge on any atom is -0.416 e. The van der Waals surface area contributed by atoms with E-state index in [0.717, 1.165) is 37.5 Å². The van der Waals surface area contributed by atoms with E-state index in [-0.39, 0.29) is 17.7 Å². The molecule has 134 valence electrons. The fourth-order valence-electron chi connectivity index (χ4n) is 2.90. The van der Waals surface area contributed by atoms with E-state index in [1.807, 2.05) is 24.3 Å². The molecular formula is C17H21ClN4O2S. The van der Waals surface area contributed by atoms with E-state index in [1.54, 1.807) is 6.92 Å². The molecule has 2 heterocycles. The first-order chi connectivity index (χ1) is 12.1. The van der Waals surface area contributed by atoms with Crippen molar-refractivity contribution >= 4 is 29.3 Å². The van der Waals surface area contributed by atoms with Gasteiger partial charge in [0.2, 0.25) is 11.8 Å². The minimum absolute atomic E-state index is 0.000744. The first-order valence-corrected chi connectivity index (χ1v) is 9.64. The van der Waals surface area contributed by atoms with Gasteiger partial charge >= 0.3 is 0 Å². The highest BCUT2D eigenvalue weighted by molar-refractivity contribution is 7.99. The van der Waals surface area contributed by atoms with Gasteiger partial charge in [-0.15, -0.1) is 10.2 Å². The Hall–Kier alpha value is -1.57. The summed E-state index contributed by atoms with van der Waals surface area (Å²) in [5, 5.41) is 11.9. The average molecular weight is 381 g/mol. The quantitative estimate of drug-likeness (QED) is 0.777. The highest BCUT2D eigenvalue weighted by Crippen LogP contribution is 2.17. The van der Waals surface area contributed by atoms with Gasteiger partial charge in [-0.25, -0.2) is 0 Å². The average Bonchev–Trinajstić information content (AvgIpc) is 3.01. The number of rotatable bonds is 6. The zero-order chi connectivity index (χ0) is 17.6. The summed E-state index contributed by atoms with van der Waals surface area (Å²) in [5.74, 6) is 0.794. The van der Waals surface area contributed by atoms with Gasteiger partial charge in [-0.2, -0.15) is 0 Å². The molecule has 1 N–H and O–H groups in total. The van der Waals surface area contributed by atoms with E-state index < -0.39 is 0 Å². The first-order valence-electron chi connectivity index (χ1n) is 8.27. The van der Waals surface area contributed by atoms with Crippen molar-refractivity contribution in [2.45, 2.75) is 37.6 Å². The number of carbonyl (C=O) groups is 1. The lowest BCUT2D eigenvalue weighted by molar-refractivity contribution is -0.119. The Morgan fingerprint density at radius 1 is 1.40 bits per heavy atom. The van der Waals surface area contributed by atoms with Crippen molar-refractivity contribution in [3.8, 4) is 0 Å². The third-order valence-electron chi connectivity index (χ3n) is 4.02. The van der Waals surface area contributed by atoms with Crippen LogP contribution in [-0.4, -0.2) is 45.9 Å². The normalized spacial score (nSPS) is 18.2. The molecule has 2 aromatic rings. The van der Waals surface area contributed by atoms with Crippen LogP contribution >= 0.6 is 23.4 Å². The number of thioether (sulfide) groups is 1. The minimum atomic E-state index is -0.000744. The van der Waals surface area contributed by atoms with Crippen molar-refractivity contribution in [3.05, 3.63) is 40.7 Å². The van der Waals surface area contributed by atoms with Gasteiger partial charge in [0.25, 0.3) is 5.22 Å². The number of aryl methyl sites for hydroxylation is 1. The molecule has 1 aliphatic rings. The Morgan fingerprint density at radius 2 is 2.20 bits per heavy atom. The fraction of sp³-hybridized carbons (Fsp3) is 0.471. The second-order valence-corrected chi connectivity index (χ2v) is 7.51. The topological polar surface area (TPSA) is 71.3 Å². The van der Waals surface area contributed by atoms with Gasteiger partial charge in [-0.3, -0.25) is 9.69 Å². The summed E-state index contributed by atoms with van der Waals surface area (Å²) in [7, 11) is 0. The second-order valence-electron chi connectivity index (χ2n) is 6.14. The molecule has 1 amide bonds. The monoisotopic (exact) mass is 380 g/mol. The number of hydrogen-bond donors (Lipinski definition) is 1. The van der Waals surface area contributed by atoms with Crippen LogP contribution < -0.4 is 5.32 Å². The molecule has 1 unspecified atom stereocenters. The molecule has 1 atom stereocenters. The van der Waals surface area contributed by atoms with E-state index in [2.05, 4.69) is 20.4 Å². The molecule has 0 aliphatic carbocycles. The number of aromatic nitrogens is 2. The van der Waals surface area contributed by atoms with Crippen LogP contribution in [-0.2, 0) is 11.3 Å². The molecule has 0 radical (unpaired) electrons. The van der Waals surface area contributed by atoms with Gasteiger partial charge in [0.15, 0.2) is 0 Å². The lowest BCUT2D eigenvalue weighted by atomic mass is 10.0. The first kappa shape index (κ1) is 18.2. The SMILES string of the molecule is Cc1nnc(SCC(=O)NC2CCCN(Cc3ccc(Cl)cc3)C2)o1. The Labute approximate surface area is 156 Å². The predicted octanol–water partition coefficient (Wildman–Crippen LogP) is 2.90. The number of hydrogen-bond acceptors (Lipinski definition) is 6. The van der Waals surface area contributed by atoms with Crippen molar-refractivity contribution in [3.63, 3.8) is 0 Å². The maximum absolute atomic E-state index is 12.1. The number of benzene rings is 1. The Bertz CT molecular complexity index is 707. The van der Waals surface area contributed by atoms with E-state index in [4.69, 9.17) is 16.0 Å². The molecule has 1 saturated heterocycles. The number of likely N-dealkylation sites (tertiary alicyclic amines) is 1. The third kappa shape index (κ3) is 5.73. The van der Waals surface area contributed by atoms with Crippen molar-refractivity contribution in [2.75, 3.05) is 18.8 Å². The lowest BCUT2D eigenvalue weighted by Gasteiger charge is -2.33. The molecule has 25 heavy (non-hydrogen) atoms. The molecule has 0 spiro atoms. The summed E-state index contributed by atoms with van der Waals surface area (Å²) in [6, 6.07) is 8.10. The van der Waals surface area contributed by atoms with E-state index >= 15 is 0 Å². The number of nitrogens with zero attached hydrogens (tertiary/aromatic N) is 3. The number of piperidine rings is 1. The molecular weight excluding hydrogens is 360 g/mol. The molecule has 0 saturated carbocycles. The molecule has 1 aliphatic heterocycles. The summed E-state index contributed by atoms with van der Waals surface area (Å²) in [6.07, 6.45) is 2.09. The maximum Gasteiger partial charge on any atom is 0.277 e. The summed E-state index contributed by atoms with van der Waals surface area (Å²) >= 11 is 7.20. The van der Waals surface area contributed by atoms with Gasteiger partial charge in [0.1, 0.15) is 0 Å². The predicted molar refractivity (Wildman–Crippen MR) is 97.7 cm³/mol. The highest BCUT2D eigenvalue weighted by Gasteiger charge is 2.21. The summed E-state index contributed by atoms with van der Waals surface area (Å²) < 4.78 is 5.26. The molecule has 3 rings (SSSR count). The lowest BCUT2D eigenvalue weighted by Crippen LogP contribution is -2.47. The van der Waals surface area contributed by atoms with Gasteiger partial charge in [-0.05, 0) is 37.1 Å². The molecule has 1 aromatic heterocycles. The molecule has 6 nitrogen and oxygen atoms in total. The number of amides is 1. The van der Waals surface area contributed by atoms with Crippen LogP contribution in [0.1, 0.15) is 24.3 Å². The molecule has 1 aromatic carbocycles. The van der Waals surface area contributed by atoms with Crippen LogP contribution in [0.4, 0.5) is 0 Å². The van der Waals surface area contributed by atoms with Crippen LogP contribution in [0.25, 0.3) is 0 Å². The summed E-state index contributed by atoms with van der Waals surface area (Å²) in [5.41, 5.74) is 1.23. The highest BCUT2D eigenvalue weighted by atomic mass is 35.5. The van der Waals surface area contributed by atoms with Crippen LogP contribution in [0, 0.1) is 6.92 Å². The van der Waals surface area contributed by atoms with Gasteiger partial charge < -0.3 is 9.73 Å². The fourth-order valence-corrected chi connectivity index (χ4v) is 3.64. The number of nitrogens with one attached hydrogen (secondary N) is 1. The summed E-state index contributed by atoms with van der Waals surface area (Å²) in [4.78, 5) is 14.5. The van der Waals surface area contributed by atoms with Crippen molar-refractivity contribution in [1.82, 2.24) is 20.4 Å². The zero-order valence-electron chi connectivity index (χ0n) is 14.1. The van der Waals surface area contributed by atoms with Gasteiger partial charge in [0.05, 0.1) is 5.75 Å². The Morgan fingerprint density at radius 3 is 2.92 bits per heavy atom. The van der Waals surface area contributed by atoms with Crippen molar-refractivity contribution in [2.24, 2.45) is 0 Å². The van der Waals surface area contributed by atoms with Gasteiger partial charge in [0, 0.05) is 31.1 Å². The number of halogens is 1. The Balaban J connectivity index is 1.44. The standard InChI is InChI=1S/C17H21ClN4O2S/c1-12-20-21-17(24-12)25-11-16(23)19-15-3-2-8-22(10-15)9-13-4-6-14(18)7-5-13/h4-7,15H,2-3,8-11H2,1H3,(H,19,23). The largest absolute Gasteiger partial charge is 0.416 e. The third-order valence-corrected chi connectivity index (χ3v) is 5.09. The molecule has 0 bridgehead atoms. The summed E-state index contributed by atoms with van der Waals surface area (Å²) in [6.45, 7) is 4.51. The van der Waals surface area contributed by atoms with Crippen LogP contribution in [0.3, 0.4) is 0 Å². The Kier molecular flexibility index (Phi) is 6.34. The van der Waals surface area contributed by atoms with Crippen LogP contribution in [0.15, 0.2) is 33.9 Å². The van der Waals surface area contributed by atoms with E-state index in [1.165, 1.54) is 17.3 Å². The van der Waals surface area contributed by atoms with E-state index in [9.17, 15) is 4.79 Å². The smallest absolute Gasteiger partial charge is 0.277 e. The maximum atomic E-state index is 12.1.